The molecule has 2 fully saturated rings. The normalized spacial score (nSPS) is 24.4. The van der Waals surface area contributed by atoms with E-state index in [0.717, 1.165) is 12.8 Å². The first-order valence-corrected chi connectivity index (χ1v) is 13.2. The number of imide groups is 1. The van der Waals surface area contributed by atoms with Crippen molar-refractivity contribution in [3.8, 4) is 12.3 Å². The van der Waals surface area contributed by atoms with Crippen LogP contribution in [0.3, 0.4) is 0 Å². The number of ether oxygens (including phenoxy) is 1. The Morgan fingerprint density at radius 2 is 1.78 bits per heavy atom. The van der Waals surface area contributed by atoms with Gasteiger partial charge >= 0.3 is 0 Å². The molecule has 4 atom stereocenters. The van der Waals surface area contributed by atoms with Gasteiger partial charge in [-0.25, -0.2) is 0 Å². The van der Waals surface area contributed by atoms with E-state index in [2.05, 4.69) is 23.4 Å². The van der Waals surface area contributed by atoms with Crippen LogP contribution in [0.1, 0.15) is 66.2 Å². The molecule has 0 unspecified atom stereocenters. The molecule has 2 bridgehead atoms. The van der Waals surface area contributed by atoms with Crippen LogP contribution in [-0.2, 0) is 23.9 Å². The van der Waals surface area contributed by atoms with Gasteiger partial charge in [0.25, 0.3) is 0 Å². The maximum Gasteiger partial charge on any atom is 0.233 e. The number of fused-ring (bicyclic) bond motifs is 5. The summed E-state index contributed by atoms with van der Waals surface area (Å²) in [5.41, 5.74) is -0.505. The quantitative estimate of drug-likeness (QED) is 0.172. The van der Waals surface area contributed by atoms with Crippen molar-refractivity contribution in [3.63, 3.8) is 0 Å². The molecule has 1 saturated heterocycles. The first kappa shape index (κ1) is 27.9. The summed E-state index contributed by atoms with van der Waals surface area (Å²) in [5, 5.41) is 2.95. The second-order valence-corrected chi connectivity index (χ2v) is 11.2. The molecule has 1 N–H and O–H groups in total. The minimum absolute atomic E-state index is 0.0182. The highest BCUT2D eigenvalue weighted by molar-refractivity contribution is 6.06. The lowest BCUT2D eigenvalue weighted by atomic mass is 9.85. The van der Waals surface area contributed by atoms with Gasteiger partial charge in [0.1, 0.15) is 0 Å². The molecule has 3 rings (SSSR count). The molecule has 1 heterocycles. The highest BCUT2D eigenvalue weighted by atomic mass is 16.5. The maximum absolute atomic E-state index is 12.8. The number of unbranched alkanes of at least 4 members (excludes halogenated alkanes) is 2. The number of allylic oxidation sites excluding steroid dienone is 2. The average molecular weight is 500 g/mol. The first-order chi connectivity index (χ1) is 17.0. The summed E-state index contributed by atoms with van der Waals surface area (Å²) in [6, 6.07) is 0. The number of rotatable bonds is 14. The molecule has 2 aliphatic carbocycles. The van der Waals surface area contributed by atoms with Crippen LogP contribution in [0.15, 0.2) is 12.2 Å². The molecule has 0 aromatic rings. The largest absolute Gasteiger partial charge is 0.376 e. The summed E-state index contributed by atoms with van der Waals surface area (Å²) in [5.74, 6) is 2.36. The van der Waals surface area contributed by atoms with Gasteiger partial charge in [-0.3, -0.25) is 24.1 Å². The van der Waals surface area contributed by atoms with Crippen molar-refractivity contribution in [1.29, 1.82) is 0 Å². The van der Waals surface area contributed by atoms with Gasteiger partial charge in [0, 0.05) is 25.9 Å². The monoisotopic (exact) mass is 499 g/mol. The third kappa shape index (κ3) is 6.76. The van der Waals surface area contributed by atoms with Crippen LogP contribution in [-0.4, -0.2) is 71.3 Å². The number of nitrogens with one attached hydrogen (secondary N) is 1. The van der Waals surface area contributed by atoms with Gasteiger partial charge < -0.3 is 15.0 Å². The lowest BCUT2D eigenvalue weighted by molar-refractivity contribution is -0.141. The fourth-order valence-electron chi connectivity index (χ4n) is 5.56. The van der Waals surface area contributed by atoms with E-state index in [1.165, 1.54) is 9.80 Å². The van der Waals surface area contributed by atoms with Crippen LogP contribution < -0.4 is 5.32 Å². The predicted molar refractivity (Wildman–Crippen MR) is 136 cm³/mol. The number of carbonyl (C=O) groups is 4. The van der Waals surface area contributed by atoms with Crippen molar-refractivity contribution in [1.82, 2.24) is 15.1 Å². The van der Waals surface area contributed by atoms with Crippen LogP contribution in [0, 0.1) is 36.0 Å². The summed E-state index contributed by atoms with van der Waals surface area (Å²) in [4.78, 5) is 53.6. The number of likely N-dealkylation sites (tertiary alicyclic amines) is 1. The Bertz CT molecular complexity index is 889. The second-order valence-electron chi connectivity index (χ2n) is 11.2. The maximum atomic E-state index is 12.8. The molecule has 0 aromatic carbocycles. The Hall–Kier alpha value is -2.66. The molecule has 4 amide bonds. The van der Waals surface area contributed by atoms with Crippen LogP contribution in [0.5, 0.6) is 0 Å². The Balaban J connectivity index is 1.35. The number of terminal acetylenes is 1. The topological polar surface area (TPSA) is 96.0 Å². The molecule has 1 aliphatic heterocycles. The molecule has 1 saturated carbocycles. The average Bonchev–Trinajstić information content (AvgIpc) is 3.49. The van der Waals surface area contributed by atoms with Crippen LogP contribution in [0.2, 0.25) is 0 Å². The van der Waals surface area contributed by atoms with Crippen molar-refractivity contribution >= 4 is 23.6 Å². The van der Waals surface area contributed by atoms with Crippen molar-refractivity contribution in [2.24, 2.45) is 23.7 Å². The molecule has 8 nitrogen and oxygen atoms in total. The summed E-state index contributed by atoms with van der Waals surface area (Å²) in [6.45, 7) is 8.91. The van der Waals surface area contributed by atoms with Gasteiger partial charge in [0.2, 0.25) is 23.6 Å². The van der Waals surface area contributed by atoms with Gasteiger partial charge in [-0.1, -0.05) is 24.5 Å². The van der Waals surface area contributed by atoms with E-state index in [0.29, 0.717) is 32.4 Å². The number of nitrogens with zero attached hydrogens (tertiary/aromatic N) is 2. The molecule has 198 valence electrons. The Kier molecular flexibility index (Phi) is 9.35. The minimum atomic E-state index is -0.505. The smallest absolute Gasteiger partial charge is 0.233 e. The van der Waals surface area contributed by atoms with E-state index >= 15 is 0 Å². The zero-order chi connectivity index (χ0) is 26.5. The zero-order valence-corrected chi connectivity index (χ0v) is 22.1. The van der Waals surface area contributed by atoms with E-state index in [1.54, 1.807) is 0 Å². The number of hydrogen-bond donors (Lipinski definition) is 1. The minimum Gasteiger partial charge on any atom is -0.376 e. The molecule has 8 heteroatoms. The first-order valence-electron chi connectivity index (χ1n) is 13.2. The number of amides is 4. The summed E-state index contributed by atoms with van der Waals surface area (Å²) in [6.07, 6.45) is 13.2. The third-order valence-electron chi connectivity index (χ3n) is 7.33. The van der Waals surface area contributed by atoms with Crippen LogP contribution in [0.25, 0.3) is 0 Å². The number of hydrogen-bond acceptors (Lipinski definition) is 5. The molecular formula is C28H41N3O5. The highest BCUT2D eigenvalue weighted by Crippen LogP contribution is 2.52. The van der Waals surface area contributed by atoms with E-state index in [-0.39, 0.29) is 72.9 Å². The fourth-order valence-corrected chi connectivity index (χ4v) is 5.56. The van der Waals surface area contributed by atoms with Gasteiger partial charge in [0.15, 0.2) is 0 Å². The van der Waals surface area contributed by atoms with Crippen molar-refractivity contribution in [2.45, 2.75) is 77.9 Å². The van der Waals surface area contributed by atoms with Crippen molar-refractivity contribution in [3.05, 3.63) is 12.2 Å². The highest BCUT2D eigenvalue weighted by Gasteiger charge is 2.58. The van der Waals surface area contributed by atoms with E-state index < -0.39 is 5.54 Å². The summed E-state index contributed by atoms with van der Waals surface area (Å²) >= 11 is 0. The lowest BCUT2D eigenvalue weighted by Gasteiger charge is -2.28. The van der Waals surface area contributed by atoms with E-state index in [1.807, 2.05) is 27.7 Å². The SMILES string of the molecule is C#CCN(CCC(=O)NC(C)(C)COC(C)C)C(=O)CCCCCN1C(=O)[C@@H]2[C@H](C1=O)[C@H]1C=C[C@@H]2C1. The predicted octanol–water partition coefficient (Wildman–Crippen LogP) is 2.53. The number of carbonyl (C=O) groups excluding carboxylic acids is 4. The summed E-state index contributed by atoms with van der Waals surface area (Å²) < 4.78 is 5.60. The molecule has 0 radical (unpaired) electrons. The molecule has 36 heavy (non-hydrogen) atoms. The van der Waals surface area contributed by atoms with Gasteiger partial charge in [-0.15, -0.1) is 6.42 Å². The van der Waals surface area contributed by atoms with Gasteiger partial charge in [-0.05, 0) is 58.8 Å². The molecule has 3 aliphatic rings. The van der Waals surface area contributed by atoms with E-state index in [9.17, 15) is 19.2 Å². The van der Waals surface area contributed by atoms with Crippen LogP contribution >= 0.6 is 0 Å². The van der Waals surface area contributed by atoms with Crippen LogP contribution in [0.4, 0.5) is 0 Å². The standard InChI is InChI=1S/C28H41N3O5/c1-6-14-30(16-13-22(32)29-28(4,5)18-36-19(2)3)23(33)10-8-7-9-15-31-26(34)24-20-11-12-21(17-20)25(24)27(31)35/h1,11-12,19-21,24-25H,7-10,13-18H2,2-5H3,(H,29,32)/t20-,21+,24+,25-. The molecular weight excluding hydrogens is 458 g/mol. The van der Waals surface area contributed by atoms with Crippen molar-refractivity contribution < 1.29 is 23.9 Å². The molecule has 0 aromatic heterocycles. The lowest BCUT2D eigenvalue weighted by Crippen LogP contribution is -2.48. The van der Waals surface area contributed by atoms with Crippen molar-refractivity contribution in [2.75, 3.05) is 26.2 Å². The fraction of sp³-hybridized carbons (Fsp3) is 0.714. The van der Waals surface area contributed by atoms with Gasteiger partial charge in [-0.2, -0.15) is 0 Å². The third-order valence-corrected chi connectivity index (χ3v) is 7.33. The Labute approximate surface area is 215 Å². The summed E-state index contributed by atoms with van der Waals surface area (Å²) in [7, 11) is 0. The zero-order valence-electron chi connectivity index (χ0n) is 22.1. The van der Waals surface area contributed by atoms with Gasteiger partial charge in [0.05, 0.1) is 36.6 Å². The second kappa shape index (κ2) is 12.1. The van der Waals surface area contributed by atoms with E-state index in [4.69, 9.17) is 11.2 Å². The Morgan fingerprint density at radius 3 is 2.36 bits per heavy atom. The molecule has 0 spiro atoms. The Morgan fingerprint density at radius 1 is 1.14 bits per heavy atom.